The Kier molecular flexibility index (Phi) is 3.59. The van der Waals surface area contributed by atoms with Gasteiger partial charge in [-0.25, -0.2) is 0 Å². The van der Waals surface area contributed by atoms with Crippen molar-refractivity contribution in [2.45, 2.75) is 0 Å². The van der Waals surface area contributed by atoms with Crippen LogP contribution in [0.15, 0.2) is 72.8 Å². The van der Waals surface area contributed by atoms with Gasteiger partial charge < -0.3 is 5.73 Å². The lowest BCUT2D eigenvalue weighted by Gasteiger charge is -2.18. The van der Waals surface area contributed by atoms with Crippen molar-refractivity contribution >= 4 is 29.3 Å². The van der Waals surface area contributed by atoms with Gasteiger partial charge in [-0.1, -0.05) is 72.8 Å². The molecule has 1 atom stereocenters. The van der Waals surface area contributed by atoms with Crippen LogP contribution in [-0.4, -0.2) is 6.29 Å². The first-order valence-electron chi connectivity index (χ1n) is 6.40. The van der Waals surface area contributed by atoms with E-state index in [1.807, 2.05) is 0 Å². The summed E-state index contributed by atoms with van der Waals surface area (Å²) in [6.07, 6.45) is 0.688. The van der Waals surface area contributed by atoms with Gasteiger partial charge in [0, 0.05) is 6.29 Å². The van der Waals surface area contributed by atoms with Crippen LogP contribution in [0.4, 0.5) is 0 Å². The molecule has 1 unspecified atom stereocenters. The van der Waals surface area contributed by atoms with E-state index < -0.39 is 7.92 Å². The largest absolute Gasteiger partial charge is 0.326 e. The van der Waals surface area contributed by atoms with E-state index in [1.165, 1.54) is 21.4 Å². The third-order valence-corrected chi connectivity index (χ3v) is 5.57. The number of benzene rings is 3. The summed E-state index contributed by atoms with van der Waals surface area (Å²) in [7, 11) is -0.471. The maximum atomic E-state index is 6.06. The molecular formula is C17H16NP. The van der Waals surface area contributed by atoms with E-state index >= 15 is 0 Å². The summed E-state index contributed by atoms with van der Waals surface area (Å²) in [5, 5.41) is 5.33. The topological polar surface area (TPSA) is 26.0 Å². The molecule has 0 saturated heterocycles. The molecule has 19 heavy (non-hydrogen) atoms. The highest BCUT2D eigenvalue weighted by Crippen LogP contribution is 2.34. The molecule has 94 valence electrons. The lowest BCUT2D eigenvalue weighted by Crippen LogP contribution is -2.18. The zero-order valence-electron chi connectivity index (χ0n) is 10.7. The third-order valence-electron chi connectivity index (χ3n) is 3.31. The van der Waals surface area contributed by atoms with E-state index in [1.54, 1.807) is 0 Å². The molecule has 3 aromatic carbocycles. The van der Waals surface area contributed by atoms with Crippen LogP contribution in [0.25, 0.3) is 10.8 Å². The predicted molar refractivity (Wildman–Crippen MR) is 85.6 cm³/mol. The van der Waals surface area contributed by atoms with E-state index in [4.69, 9.17) is 5.73 Å². The zero-order chi connectivity index (χ0) is 13.1. The Balaban J connectivity index is 2.17. The summed E-state index contributed by atoms with van der Waals surface area (Å²) in [6.45, 7) is 0. The highest BCUT2D eigenvalue weighted by atomic mass is 31.1. The molecule has 0 aromatic heterocycles. The van der Waals surface area contributed by atoms with Crippen LogP contribution >= 0.6 is 7.92 Å². The fourth-order valence-electron chi connectivity index (χ4n) is 2.39. The molecule has 0 aliphatic carbocycles. The van der Waals surface area contributed by atoms with Crippen LogP contribution in [0.3, 0.4) is 0 Å². The number of rotatable bonds is 3. The molecule has 3 rings (SSSR count). The van der Waals surface area contributed by atoms with Crippen LogP contribution in [0.2, 0.25) is 0 Å². The molecule has 1 nitrogen and oxygen atoms in total. The van der Waals surface area contributed by atoms with Gasteiger partial charge in [0.1, 0.15) is 0 Å². The van der Waals surface area contributed by atoms with Gasteiger partial charge in [0.15, 0.2) is 0 Å². The fourth-order valence-corrected chi connectivity index (χ4v) is 4.37. The van der Waals surface area contributed by atoms with E-state index in [0.717, 1.165) is 0 Å². The second kappa shape index (κ2) is 5.52. The summed E-state index contributed by atoms with van der Waals surface area (Å²) in [4.78, 5) is 0. The number of nitrogens with two attached hydrogens (primary N) is 1. The van der Waals surface area contributed by atoms with E-state index in [0.29, 0.717) is 6.29 Å². The van der Waals surface area contributed by atoms with Gasteiger partial charge in [-0.3, -0.25) is 0 Å². The normalized spacial score (nSPS) is 12.5. The number of hydrogen-bond acceptors (Lipinski definition) is 1. The highest BCUT2D eigenvalue weighted by Gasteiger charge is 2.13. The summed E-state index contributed by atoms with van der Waals surface area (Å²) in [6, 6.07) is 25.6. The van der Waals surface area contributed by atoms with Crippen LogP contribution in [0, 0.1) is 0 Å². The fraction of sp³-hybridized carbons (Fsp3) is 0.0588. The molecule has 0 radical (unpaired) electrons. The van der Waals surface area contributed by atoms with Crippen molar-refractivity contribution in [3.8, 4) is 0 Å². The van der Waals surface area contributed by atoms with Crippen molar-refractivity contribution in [2.75, 3.05) is 6.29 Å². The van der Waals surface area contributed by atoms with Crippen molar-refractivity contribution in [3.63, 3.8) is 0 Å². The Morgan fingerprint density at radius 3 is 2.21 bits per heavy atom. The van der Waals surface area contributed by atoms with E-state index in [-0.39, 0.29) is 0 Å². The first-order chi connectivity index (χ1) is 9.40. The summed E-state index contributed by atoms with van der Waals surface area (Å²) in [5.41, 5.74) is 6.06. The minimum absolute atomic E-state index is 0.471. The number of hydrogen-bond donors (Lipinski definition) is 1. The molecule has 2 N–H and O–H groups in total. The maximum absolute atomic E-state index is 6.06. The second-order valence-corrected chi connectivity index (χ2v) is 6.66. The SMILES string of the molecule is NCP(c1ccccc1)c1cccc2ccccc12. The molecular weight excluding hydrogens is 249 g/mol. The molecule has 0 bridgehead atoms. The molecule has 0 aliphatic heterocycles. The quantitative estimate of drug-likeness (QED) is 0.723. The van der Waals surface area contributed by atoms with Crippen LogP contribution < -0.4 is 16.3 Å². The van der Waals surface area contributed by atoms with Crippen molar-refractivity contribution in [2.24, 2.45) is 5.73 Å². The van der Waals surface area contributed by atoms with Crippen LogP contribution in [-0.2, 0) is 0 Å². The summed E-state index contributed by atoms with van der Waals surface area (Å²) in [5.74, 6) is 0. The minimum Gasteiger partial charge on any atom is -0.326 e. The Morgan fingerprint density at radius 2 is 1.42 bits per heavy atom. The zero-order valence-corrected chi connectivity index (χ0v) is 11.6. The molecule has 0 amide bonds. The standard InChI is InChI=1S/C17H16NP/c18-13-19(15-9-2-1-3-10-15)17-12-6-8-14-7-4-5-11-16(14)17/h1-12H,13,18H2. The van der Waals surface area contributed by atoms with Crippen molar-refractivity contribution in [1.82, 2.24) is 0 Å². The molecule has 0 saturated carbocycles. The molecule has 0 aliphatic rings. The van der Waals surface area contributed by atoms with Crippen molar-refractivity contribution < 1.29 is 0 Å². The summed E-state index contributed by atoms with van der Waals surface area (Å²) < 4.78 is 0. The first kappa shape index (κ1) is 12.3. The number of fused-ring (bicyclic) bond motifs is 1. The van der Waals surface area contributed by atoms with Gasteiger partial charge in [-0.2, -0.15) is 0 Å². The average molecular weight is 265 g/mol. The monoisotopic (exact) mass is 265 g/mol. The summed E-state index contributed by atoms with van der Waals surface area (Å²) >= 11 is 0. The molecule has 0 spiro atoms. The minimum atomic E-state index is -0.471. The van der Waals surface area contributed by atoms with Crippen LogP contribution in [0.5, 0.6) is 0 Å². The first-order valence-corrected chi connectivity index (χ1v) is 7.93. The van der Waals surface area contributed by atoms with Crippen molar-refractivity contribution in [1.29, 1.82) is 0 Å². The Hall–Kier alpha value is -1.69. The molecule has 3 aromatic rings. The lowest BCUT2D eigenvalue weighted by atomic mass is 10.1. The van der Waals surface area contributed by atoms with Gasteiger partial charge >= 0.3 is 0 Å². The van der Waals surface area contributed by atoms with Gasteiger partial charge in [0.25, 0.3) is 0 Å². The Labute approximate surface area is 114 Å². The smallest absolute Gasteiger partial charge is 0.0210 e. The van der Waals surface area contributed by atoms with E-state index in [9.17, 15) is 0 Å². The van der Waals surface area contributed by atoms with Crippen LogP contribution in [0.1, 0.15) is 0 Å². The Morgan fingerprint density at radius 1 is 0.737 bits per heavy atom. The molecule has 2 heteroatoms. The second-order valence-electron chi connectivity index (χ2n) is 4.44. The van der Waals surface area contributed by atoms with E-state index in [2.05, 4.69) is 72.8 Å². The average Bonchev–Trinajstić information content (AvgIpc) is 2.49. The lowest BCUT2D eigenvalue weighted by molar-refractivity contribution is 1.39. The molecule has 0 fully saturated rings. The van der Waals surface area contributed by atoms with Crippen molar-refractivity contribution in [3.05, 3.63) is 72.8 Å². The third kappa shape index (κ3) is 2.40. The predicted octanol–water partition coefficient (Wildman–Crippen LogP) is 3.19. The highest BCUT2D eigenvalue weighted by molar-refractivity contribution is 7.73. The van der Waals surface area contributed by atoms with Gasteiger partial charge in [-0.15, -0.1) is 0 Å². The van der Waals surface area contributed by atoms with Gasteiger partial charge in [0.05, 0.1) is 0 Å². The Bertz CT molecular complexity index is 674. The maximum Gasteiger partial charge on any atom is 0.0210 e. The van der Waals surface area contributed by atoms with Gasteiger partial charge in [0.2, 0.25) is 0 Å². The molecule has 0 heterocycles. The van der Waals surface area contributed by atoms with Gasteiger partial charge in [-0.05, 0) is 29.3 Å².